The van der Waals surface area contributed by atoms with Crippen molar-refractivity contribution in [1.82, 2.24) is 10.5 Å². The highest BCUT2D eigenvalue weighted by atomic mass is 16.5. The van der Waals surface area contributed by atoms with E-state index in [4.69, 9.17) is 4.52 Å². The number of hydrogen-bond acceptors (Lipinski definition) is 6. The van der Waals surface area contributed by atoms with E-state index in [-0.39, 0.29) is 17.2 Å². The van der Waals surface area contributed by atoms with E-state index in [1.807, 2.05) is 30.3 Å². The van der Waals surface area contributed by atoms with Crippen molar-refractivity contribution < 1.29 is 19.2 Å². The summed E-state index contributed by atoms with van der Waals surface area (Å²) in [4.78, 5) is 24.6. The molecular formula is C22H18N4O4. The van der Waals surface area contributed by atoms with Gasteiger partial charge in [-0.3, -0.25) is 9.59 Å². The van der Waals surface area contributed by atoms with E-state index in [2.05, 4.69) is 15.8 Å². The van der Waals surface area contributed by atoms with E-state index in [0.717, 1.165) is 5.56 Å². The molecule has 3 rings (SSSR count). The van der Waals surface area contributed by atoms with Crippen molar-refractivity contribution in [2.24, 2.45) is 0 Å². The Kier molecular flexibility index (Phi) is 6.25. The maximum atomic E-state index is 12.4. The fourth-order valence-electron chi connectivity index (χ4n) is 2.65. The van der Waals surface area contributed by atoms with E-state index < -0.39 is 17.2 Å². The Bertz CT molecular complexity index is 1130. The van der Waals surface area contributed by atoms with Crippen LogP contribution >= 0.6 is 0 Å². The number of benzene rings is 2. The standard InChI is InChI=1S/C22H18N4O4/c1-14-19(13-25-30-14)20(27)18(11-23)22(29)26-17-9-7-16(8-10-17)21(28)24-12-15-5-3-2-4-6-15/h2-10,13,27H,12H2,1H3,(H,24,28)(H,26,29). The number of carbonyl (C=O) groups is 2. The topological polar surface area (TPSA) is 128 Å². The molecule has 1 heterocycles. The Balaban J connectivity index is 1.66. The third-order valence-corrected chi connectivity index (χ3v) is 4.28. The Labute approximate surface area is 172 Å². The lowest BCUT2D eigenvalue weighted by molar-refractivity contribution is -0.112. The number of amides is 2. The zero-order chi connectivity index (χ0) is 21.5. The van der Waals surface area contributed by atoms with Crippen molar-refractivity contribution in [3.63, 3.8) is 0 Å². The number of nitriles is 1. The molecule has 0 atom stereocenters. The molecule has 0 aliphatic heterocycles. The number of aromatic nitrogens is 1. The molecule has 0 saturated carbocycles. The highest BCUT2D eigenvalue weighted by molar-refractivity contribution is 6.11. The van der Waals surface area contributed by atoms with Gasteiger partial charge in [0.15, 0.2) is 11.3 Å². The Morgan fingerprint density at radius 2 is 1.83 bits per heavy atom. The maximum Gasteiger partial charge on any atom is 0.270 e. The second-order valence-corrected chi connectivity index (χ2v) is 6.33. The summed E-state index contributed by atoms with van der Waals surface area (Å²) >= 11 is 0. The molecular weight excluding hydrogens is 384 g/mol. The van der Waals surface area contributed by atoms with E-state index in [1.54, 1.807) is 25.1 Å². The molecule has 150 valence electrons. The first-order chi connectivity index (χ1) is 14.5. The molecule has 3 aromatic rings. The van der Waals surface area contributed by atoms with Gasteiger partial charge in [-0.2, -0.15) is 5.26 Å². The third-order valence-electron chi connectivity index (χ3n) is 4.28. The predicted molar refractivity (Wildman–Crippen MR) is 109 cm³/mol. The number of nitrogens with one attached hydrogen (secondary N) is 2. The van der Waals surface area contributed by atoms with Crippen molar-refractivity contribution in [2.45, 2.75) is 13.5 Å². The number of anilines is 1. The monoisotopic (exact) mass is 402 g/mol. The molecule has 0 unspecified atom stereocenters. The van der Waals surface area contributed by atoms with Gasteiger partial charge < -0.3 is 20.3 Å². The number of rotatable bonds is 6. The van der Waals surface area contributed by atoms with E-state index >= 15 is 0 Å². The molecule has 2 aromatic carbocycles. The van der Waals surface area contributed by atoms with Crippen molar-refractivity contribution in [2.75, 3.05) is 5.32 Å². The lowest BCUT2D eigenvalue weighted by atomic mass is 10.1. The lowest BCUT2D eigenvalue weighted by Gasteiger charge is -2.08. The lowest BCUT2D eigenvalue weighted by Crippen LogP contribution is -2.22. The summed E-state index contributed by atoms with van der Waals surface area (Å²) in [7, 11) is 0. The Hall–Kier alpha value is -4.38. The van der Waals surface area contributed by atoms with Gasteiger partial charge in [-0.1, -0.05) is 35.5 Å². The van der Waals surface area contributed by atoms with Gasteiger partial charge in [0.05, 0.1) is 11.8 Å². The zero-order valence-corrected chi connectivity index (χ0v) is 16.0. The van der Waals surface area contributed by atoms with Crippen LogP contribution in [0.2, 0.25) is 0 Å². The molecule has 0 aliphatic carbocycles. The molecule has 0 spiro atoms. The SMILES string of the molecule is Cc1oncc1C(O)=C(C#N)C(=O)Nc1ccc(C(=O)NCc2ccccc2)cc1. The van der Waals surface area contributed by atoms with Gasteiger partial charge >= 0.3 is 0 Å². The van der Waals surface area contributed by atoms with Crippen LogP contribution in [0.25, 0.3) is 5.76 Å². The molecule has 0 aliphatic rings. The van der Waals surface area contributed by atoms with E-state index in [1.165, 1.54) is 18.3 Å². The molecule has 0 radical (unpaired) electrons. The number of aryl methyl sites for hydroxylation is 1. The minimum Gasteiger partial charge on any atom is -0.506 e. The van der Waals surface area contributed by atoms with Crippen LogP contribution in [-0.4, -0.2) is 22.1 Å². The number of nitrogens with zero attached hydrogens (tertiary/aromatic N) is 2. The summed E-state index contributed by atoms with van der Waals surface area (Å²) in [6.45, 7) is 1.95. The molecule has 0 bridgehead atoms. The van der Waals surface area contributed by atoms with Gasteiger partial charge in [0.25, 0.3) is 11.8 Å². The van der Waals surface area contributed by atoms with Crippen LogP contribution in [0.4, 0.5) is 5.69 Å². The maximum absolute atomic E-state index is 12.4. The van der Waals surface area contributed by atoms with E-state index in [9.17, 15) is 20.0 Å². The average Bonchev–Trinajstić information content (AvgIpc) is 3.19. The summed E-state index contributed by atoms with van der Waals surface area (Å²) in [6.07, 6.45) is 1.22. The van der Waals surface area contributed by atoms with Crippen molar-refractivity contribution >= 4 is 23.3 Å². The first-order valence-electron chi connectivity index (χ1n) is 8.98. The number of aliphatic hydroxyl groups excluding tert-OH is 1. The van der Waals surface area contributed by atoms with Gasteiger partial charge in [-0.25, -0.2) is 0 Å². The quantitative estimate of drug-likeness (QED) is 0.329. The second-order valence-electron chi connectivity index (χ2n) is 6.33. The highest BCUT2D eigenvalue weighted by Crippen LogP contribution is 2.20. The smallest absolute Gasteiger partial charge is 0.270 e. The molecule has 1 aromatic heterocycles. The van der Waals surface area contributed by atoms with Crippen LogP contribution in [-0.2, 0) is 11.3 Å². The molecule has 2 amide bonds. The molecule has 8 nitrogen and oxygen atoms in total. The fourth-order valence-corrected chi connectivity index (χ4v) is 2.65. The largest absolute Gasteiger partial charge is 0.506 e. The number of carbonyl (C=O) groups excluding carboxylic acids is 2. The highest BCUT2D eigenvalue weighted by Gasteiger charge is 2.20. The molecule has 30 heavy (non-hydrogen) atoms. The number of hydrogen-bond donors (Lipinski definition) is 3. The predicted octanol–water partition coefficient (Wildman–Crippen LogP) is 3.34. The van der Waals surface area contributed by atoms with Gasteiger partial charge in [0.2, 0.25) is 0 Å². The van der Waals surface area contributed by atoms with Crippen molar-refractivity contribution in [1.29, 1.82) is 5.26 Å². The molecule has 0 fully saturated rings. The third kappa shape index (κ3) is 4.72. The van der Waals surface area contributed by atoms with Crippen molar-refractivity contribution in [3.8, 4) is 6.07 Å². The first-order valence-corrected chi connectivity index (χ1v) is 8.98. The van der Waals surface area contributed by atoms with Gasteiger partial charge in [-0.15, -0.1) is 0 Å². The van der Waals surface area contributed by atoms with Gasteiger partial charge in [0.1, 0.15) is 11.8 Å². The second kappa shape index (κ2) is 9.21. The Morgan fingerprint density at radius 3 is 2.43 bits per heavy atom. The van der Waals surface area contributed by atoms with Crippen LogP contribution in [0.1, 0.15) is 27.2 Å². The zero-order valence-electron chi connectivity index (χ0n) is 16.0. The van der Waals surface area contributed by atoms with Gasteiger partial charge in [-0.05, 0) is 36.8 Å². The van der Waals surface area contributed by atoms with Crippen LogP contribution in [0, 0.1) is 18.3 Å². The fraction of sp³-hybridized carbons (Fsp3) is 0.0909. The summed E-state index contributed by atoms with van der Waals surface area (Å²) < 4.78 is 4.84. The summed E-state index contributed by atoms with van der Waals surface area (Å²) in [6, 6.07) is 17.4. The molecule has 0 saturated heterocycles. The average molecular weight is 402 g/mol. The minimum absolute atomic E-state index is 0.159. The van der Waals surface area contributed by atoms with E-state index in [0.29, 0.717) is 17.8 Å². The van der Waals surface area contributed by atoms with Crippen molar-refractivity contribution in [3.05, 3.63) is 88.8 Å². The normalized spacial score (nSPS) is 11.2. The van der Waals surface area contributed by atoms with Gasteiger partial charge in [0, 0.05) is 17.8 Å². The first kappa shape index (κ1) is 20.4. The number of aliphatic hydroxyl groups is 1. The summed E-state index contributed by atoms with van der Waals surface area (Å²) in [5, 5.41) is 28.3. The van der Waals surface area contributed by atoms with Crippen LogP contribution in [0.15, 0.2) is 70.9 Å². The summed E-state index contributed by atoms with van der Waals surface area (Å²) in [5.74, 6) is -1.30. The molecule has 8 heteroatoms. The van der Waals surface area contributed by atoms with Crippen LogP contribution < -0.4 is 10.6 Å². The molecule has 3 N–H and O–H groups in total. The minimum atomic E-state index is -0.795. The Morgan fingerprint density at radius 1 is 1.13 bits per heavy atom. The van der Waals surface area contributed by atoms with Crippen LogP contribution in [0.5, 0.6) is 0 Å². The van der Waals surface area contributed by atoms with Crippen LogP contribution in [0.3, 0.4) is 0 Å². The summed E-state index contributed by atoms with van der Waals surface area (Å²) in [5.41, 5.74) is 1.44.